The van der Waals surface area contributed by atoms with E-state index in [1.165, 1.54) is 23.1 Å². The number of nitrogens with one attached hydrogen (secondary N) is 2. The number of likely N-dealkylation sites (tertiary alicyclic amines) is 1. The second kappa shape index (κ2) is 8.72. The topological polar surface area (TPSA) is 113 Å². The third kappa shape index (κ3) is 5.10. The first-order valence-corrected chi connectivity index (χ1v) is 9.15. The molecule has 0 aromatic carbocycles. The van der Waals surface area contributed by atoms with Crippen LogP contribution in [0.2, 0.25) is 0 Å². The van der Waals surface area contributed by atoms with Crippen molar-refractivity contribution in [3.05, 3.63) is 56.6 Å². The van der Waals surface area contributed by atoms with Crippen LogP contribution in [0.1, 0.15) is 35.4 Å². The molecule has 0 spiro atoms. The van der Waals surface area contributed by atoms with Gasteiger partial charge in [0.15, 0.2) is 0 Å². The van der Waals surface area contributed by atoms with E-state index in [1.807, 2.05) is 6.92 Å². The highest BCUT2D eigenvalue weighted by Crippen LogP contribution is 2.16. The van der Waals surface area contributed by atoms with Gasteiger partial charge in [-0.1, -0.05) is 6.42 Å². The highest BCUT2D eigenvalue weighted by atomic mass is 16.2. The summed E-state index contributed by atoms with van der Waals surface area (Å²) in [6.45, 7) is 4.46. The first-order chi connectivity index (χ1) is 13.0. The fourth-order valence-corrected chi connectivity index (χ4v) is 3.31. The van der Waals surface area contributed by atoms with Crippen molar-refractivity contribution in [2.45, 2.75) is 38.8 Å². The van der Waals surface area contributed by atoms with E-state index >= 15 is 0 Å². The number of aromatic amines is 1. The maximum absolute atomic E-state index is 12.2. The smallest absolute Gasteiger partial charge is 0.270 e. The molecule has 1 atom stereocenters. The first-order valence-electron chi connectivity index (χ1n) is 9.15. The van der Waals surface area contributed by atoms with Crippen molar-refractivity contribution in [2.75, 3.05) is 19.6 Å². The molecule has 1 fully saturated rings. The predicted octanol–water partition coefficient (Wildman–Crippen LogP) is -0.0805. The van der Waals surface area contributed by atoms with Crippen LogP contribution >= 0.6 is 0 Å². The minimum Gasteiger partial charge on any atom is -0.349 e. The van der Waals surface area contributed by atoms with E-state index in [9.17, 15) is 14.4 Å². The van der Waals surface area contributed by atoms with Crippen LogP contribution in [0.5, 0.6) is 0 Å². The van der Waals surface area contributed by atoms with Crippen LogP contribution in [0.15, 0.2) is 34.1 Å². The standard InChI is InChI=1S/C18H24N6O3/c1-13-5-6-17(26)24(22-13)9-8-23-7-3-2-4-14(23)11-19-18(27)15-10-16(25)21-12-20-15/h5-6,10,12,14H,2-4,7-9,11H2,1H3,(H,19,27)(H,20,21,25). The van der Waals surface area contributed by atoms with Crippen LogP contribution in [0.4, 0.5) is 0 Å². The van der Waals surface area contributed by atoms with Crippen LogP contribution in [-0.2, 0) is 6.54 Å². The normalized spacial score (nSPS) is 17.6. The van der Waals surface area contributed by atoms with Crippen molar-refractivity contribution in [2.24, 2.45) is 0 Å². The van der Waals surface area contributed by atoms with Crippen molar-refractivity contribution in [3.8, 4) is 0 Å². The van der Waals surface area contributed by atoms with E-state index in [2.05, 4.69) is 25.3 Å². The van der Waals surface area contributed by atoms with Crippen molar-refractivity contribution in [1.82, 2.24) is 30.0 Å². The Bertz CT molecular complexity index is 906. The van der Waals surface area contributed by atoms with Crippen LogP contribution in [-0.4, -0.2) is 56.2 Å². The van der Waals surface area contributed by atoms with E-state index in [0.717, 1.165) is 31.5 Å². The molecule has 3 heterocycles. The molecule has 3 rings (SSSR count). The number of hydrogen-bond acceptors (Lipinski definition) is 6. The molecule has 0 saturated carbocycles. The van der Waals surface area contributed by atoms with E-state index < -0.39 is 0 Å². The molecule has 1 amide bonds. The minimum absolute atomic E-state index is 0.108. The zero-order chi connectivity index (χ0) is 19.2. The number of carbonyl (C=O) groups is 1. The largest absolute Gasteiger partial charge is 0.349 e. The fraction of sp³-hybridized carbons (Fsp3) is 0.500. The van der Waals surface area contributed by atoms with Crippen molar-refractivity contribution in [3.63, 3.8) is 0 Å². The summed E-state index contributed by atoms with van der Waals surface area (Å²) >= 11 is 0. The van der Waals surface area contributed by atoms with Crippen molar-refractivity contribution < 1.29 is 4.79 Å². The summed E-state index contributed by atoms with van der Waals surface area (Å²) in [4.78, 5) is 44.0. The van der Waals surface area contributed by atoms with Gasteiger partial charge < -0.3 is 10.3 Å². The molecule has 0 radical (unpaired) electrons. The Morgan fingerprint density at radius 2 is 2.15 bits per heavy atom. The Kier molecular flexibility index (Phi) is 6.12. The SMILES string of the molecule is Cc1ccc(=O)n(CCN2CCCCC2CNC(=O)c2cc(=O)[nH]cn2)n1. The summed E-state index contributed by atoms with van der Waals surface area (Å²) in [5.74, 6) is -0.358. The van der Waals surface area contributed by atoms with Gasteiger partial charge in [0.2, 0.25) is 0 Å². The Hall–Kier alpha value is -2.81. The van der Waals surface area contributed by atoms with Gasteiger partial charge in [0.1, 0.15) is 5.69 Å². The number of H-pyrrole nitrogens is 1. The van der Waals surface area contributed by atoms with Crippen molar-refractivity contribution >= 4 is 5.91 Å². The lowest BCUT2D eigenvalue weighted by atomic mass is 10.0. The van der Waals surface area contributed by atoms with Crippen molar-refractivity contribution in [1.29, 1.82) is 0 Å². The van der Waals surface area contributed by atoms with Gasteiger partial charge in [0.25, 0.3) is 17.0 Å². The maximum Gasteiger partial charge on any atom is 0.270 e. The monoisotopic (exact) mass is 372 g/mol. The molecule has 1 aliphatic rings. The lowest BCUT2D eigenvalue weighted by Crippen LogP contribution is -2.48. The average molecular weight is 372 g/mol. The van der Waals surface area contributed by atoms with Gasteiger partial charge in [-0.15, -0.1) is 0 Å². The second-order valence-electron chi connectivity index (χ2n) is 6.73. The number of nitrogens with zero attached hydrogens (tertiary/aromatic N) is 4. The fourth-order valence-electron chi connectivity index (χ4n) is 3.31. The Labute approximate surface area is 156 Å². The zero-order valence-electron chi connectivity index (χ0n) is 15.4. The molecule has 2 N–H and O–H groups in total. The van der Waals surface area contributed by atoms with Crippen LogP contribution in [0.25, 0.3) is 0 Å². The van der Waals surface area contributed by atoms with Gasteiger partial charge in [-0.2, -0.15) is 5.10 Å². The summed E-state index contributed by atoms with van der Waals surface area (Å²) in [6, 6.07) is 4.61. The highest BCUT2D eigenvalue weighted by Gasteiger charge is 2.23. The molecule has 9 nitrogen and oxygen atoms in total. The summed E-state index contributed by atoms with van der Waals surface area (Å²) in [6.07, 6.45) is 4.38. The molecule has 2 aromatic heterocycles. The average Bonchev–Trinajstić information content (AvgIpc) is 2.67. The number of rotatable bonds is 6. The summed E-state index contributed by atoms with van der Waals surface area (Å²) in [5.41, 5.74) is 0.451. The molecule has 0 bridgehead atoms. The number of piperidine rings is 1. The van der Waals surface area contributed by atoms with Crippen LogP contribution in [0.3, 0.4) is 0 Å². The quantitative estimate of drug-likeness (QED) is 0.733. The molecule has 1 aliphatic heterocycles. The van der Waals surface area contributed by atoms with Gasteiger partial charge in [0, 0.05) is 31.3 Å². The molecule has 1 saturated heterocycles. The summed E-state index contributed by atoms with van der Waals surface area (Å²) in [7, 11) is 0. The van der Waals surface area contributed by atoms with E-state index in [1.54, 1.807) is 6.07 Å². The third-order valence-corrected chi connectivity index (χ3v) is 4.76. The number of amides is 1. The first kappa shape index (κ1) is 19.0. The van der Waals surface area contributed by atoms with Crippen LogP contribution < -0.4 is 16.4 Å². The van der Waals surface area contributed by atoms with Gasteiger partial charge in [0.05, 0.1) is 18.6 Å². The minimum atomic E-state index is -0.358. The number of carbonyl (C=O) groups excluding carboxylic acids is 1. The summed E-state index contributed by atoms with van der Waals surface area (Å²) < 4.78 is 1.49. The van der Waals surface area contributed by atoms with E-state index in [0.29, 0.717) is 19.6 Å². The van der Waals surface area contributed by atoms with Gasteiger partial charge >= 0.3 is 0 Å². The van der Waals surface area contributed by atoms with E-state index in [4.69, 9.17) is 0 Å². The Balaban J connectivity index is 1.58. The van der Waals surface area contributed by atoms with Crippen LogP contribution in [0, 0.1) is 6.92 Å². The third-order valence-electron chi connectivity index (χ3n) is 4.76. The van der Waals surface area contributed by atoms with Gasteiger partial charge in [-0.3, -0.25) is 19.3 Å². The maximum atomic E-state index is 12.2. The number of hydrogen-bond donors (Lipinski definition) is 2. The molecule has 27 heavy (non-hydrogen) atoms. The Morgan fingerprint density at radius 1 is 1.30 bits per heavy atom. The predicted molar refractivity (Wildman–Crippen MR) is 99.6 cm³/mol. The molecule has 0 aliphatic carbocycles. The summed E-state index contributed by atoms with van der Waals surface area (Å²) in [5, 5.41) is 7.14. The molecule has 2 aromatic rings. The van der Waals surface area contributed by atoms with Gasteiger partial charge in [-0.05, 0) is 32.4 Å². The molecule has 144 valence electrons. The molecule has 1 unspecified atom stereocenters. The van der Waals surface area contributed by atoms with E-state index in [-0.39, 0.29) is 28.8 Å². The number of aromatic nitrogens is 4. The lowest BCUT2D eigenvalue weighted by molar-refractivity contribution is 0.0904. The zero-order valence-corrected chi connectivity index (χ0v) is 15.4. The number of aryl methyl sites for hydroxylation is 1. The lowest BCUT2D eigenvalue weighted by Gasteiger charge is -2.35. The Morgan fingerprint density at radius 3 is 2.96 bits per heavy atom. The molecular weight excluding hydrogens is 348 g/mol. The van der Waals surface area contributed by atoms with Gasteiger partial charge in [-0.25, -0.2) is 9.67 Å². The molecule has 9 heteroatoms. The molecular formula is C18H24N6O3. The second-order valence-corrected chi connectivity index (χ2v) is 6.73. The highest BCUT2D eigenvalue weighted by molar-refractivity contribution is 5.92.